The Morgan fingerprint density at radius 3 is 2.57 bits per heavy atom. The van der Waals surface area contributed by atoms with E-state index in [9.17, 15) is 0 Å². The van der Waals surface area contributed by atoms with E-state index in [2.05, 4.69) is 42.2 Å². The Labute approximate surface area is 83.8 Å². The first-order chi connectivity index (χ1) is 6.50. The normalized spacial score (nSPS) is 12.3. The summed E-state index contributed by atoms with van der Waals surface area (Å²) in [6, 6.07) is 1.99. The third-order valence-corrected chi connectivity index (χ3v) is 2.36. The fourth-order valence-electron chi connectivity index (χ4n) is 1.53. The second kappa shape index (κ2) is 2.80. The molecule has 0 amide bonds. The van der Waals surface area contributed by atoms with Crippen molar-refractivity contribution in [1.29, 1.82) is 0 Å². The first kappa shape index (κ1) is 9.19. The first-order valence-electron chi connectivity index (χ1n) is 4.79. The van der Waals surface area contributed by atoms with Crippen LogP contribution in [0.3, 0.4) is 0 Å². The van der Waals surface area contributed by atoms with Gasteiger partial charge in [0.15, 0.2) is 5.65 Å². The highest BCUT2D eigenvalue weighted by Crippen LogP contribution is 2.21. The molecular weight excluding hydrogens is 174 g/mol. The Kier molecular flexibility index (Phi) is 1.84. The second-order valence-corrected chi connectivity index (χ2v) is 4.59. The Hall–Kier alpha value is -1.38. The molecule has 0 fully saturated rings. The van der Waals surface area contributed by atoms with Crippen LogP contribution in [-0.2, 0) is 5.54 Å². The van der Waals surface area contributed by atoms with Gasteiger partial charge in [-0.25, -0.2) is 9.97 Å². The van der Waals surface area contributed by atoms with E-state index in [0.29, 0.717) is 0 Å². The van der Waals surface area contributed by atoms with Crippen molar-refractivity contribution >= 4 is 11.2 Å². The van der Waals surface area contributed by atoms with Crippen LogP contribution in [0.2, 0.25) is 0 Å². The fourth-order valence-corrected chi connectivity index (χ4v) is 1.53. The summed E-state index contributed by atoms with van der Waals surface area (Å²) in [4.78, 5) is 8.75. The quantitative estimate of drug-likeness (QED) is 0.637. The summed E-state index contributed by atoms with van der Waals surface area (Å²) in [5, 5.41) is 0. The molecule has 0 aliphatic heterocycles. The van der Waals surface area contributed by atoms with Crippen molar-refractivity contribution in [3.63, 3.8) is 0 Å². The third-order valence-electron chi connectivity index (χ3n) is 2.36. The molecule has 2 aromatic rings. The number of aryl methyl sites for hydroxylation is 1. The van der Waals surface area contributed by atoms with Gasteiger partial charge in [0.05, 0.1) is 6.33 Å². The smallest absolute Gasteiger partial charge is 0.160 e. The zero-order valence-corrected chi connectivity index (χ0v) is 9.07. The van der Waals surface area contributed by atoms with Crippen molar-refractivity contribution < 1.29 is 0 Å². The van der Waals surface area contributed by atoms with E-state index in [0.717, 1.165) is 11.2 Å². The SMILES string of the molecule is Cc1ccnc2c1ncn2C(C)(C)C. The lowest BCUT2D eigenvalue weighted by Gasteiger charge is -2.20. The van der Waals surface area contributed by atoms with E-state index < -0.39 is 0 Å². The summed E-state index contributed by atoms with van der Waals surface area (Å²) in [6.45, 7) is 8.51. The average Bonchev–Trinajstić information content (AvgIpc) is 2.47. The van der Waals surface area contributed by atoms with Crippen molar-refractivity contribution in [1.82, 2.24) is 14.5 Å². The predicted molar refractivity (Wildman–Crippen MR) is 57.3 cm³/mol. The van der Waals surface area contributed by atoms with E-state index in [1.807, 2.05) is 18.6 Å². The molecule has 0 saturated carbocycles. The molecular formula is C11H15N3. The second-order valence-electron chi connectivity index (χ2n) is 4.59. The molecule has 14 heavy (non-hydrogen) atoms. The fraction of sp³-hybridized carbons (Fsp3) is 0.455. The van der Waals surface area contributed by atoms with E-state index in [-0.39, 0.29) is 5.54 Å². The van der Waals surface area contributed by atoms with Crippen LogP contribution in [0.25, 0.3) is 11.2 Å². The molecule has 2 aromatic heterocycles. The van der Waals surface area contributed by atoms with Crippen LogP contribution >= 0.6 is 0 Å². The molecule has 0 N–H and O–H groups in total. The standard InChI is InChI=1S/C11H15N3/c1-8-5-6-12-10-9(8)13-7-14(10)11(2,3)4/h5-7H,1-4H3. The largest absolute Gasteiger partial charge is 0.310 e. The van der Waals surface area contributed by atoms with Crippen molar-refractivity contribution in [2.75, 3.05) is 0 Å². The molecule has 0 unspecified atom stereocenters. The monoisotopic (exact) mass is 189 g/mol. The number of hydrogen-bond donors (Lipinski definition) is 0. The molecule has 0 bridgehead atoms. The molecule has 0 aliphatic rings. The van der Waals surface area contributed by atoms with Crippen molar-refractivity contribution in [3.05, 3.63) is 24.2 Å². The topological polar surface area (TPSA) is 30.7 Å². The maximum Gasteiger partial charge on any atom is 0.160 e. The van der Waals surface area contributed by atoms with E-state index >= 15 is 0 Å². The summed E-state index contributed by atoms with van der Waals surface area (Å²) in [6.07, 6.45) is 3.70. The van der Waals surface area contributed by atoms with Crippen LogP contribution in [0, 0.1) is 6.92 Å². The Bertz CT molecular complexity index is 463. The predicted octanol–water partition coefficient (Wildman–Crippen LogP) is 2.49. The number of fused-ring (bicyclic) bond motifs is 1. The molecule has 0 radical (unpaired) electrons. The van der Waals surface area contributed by atoms with Crippen LogP contribution in [0.5, 0.6) is 0 Å². The molecule has 3 heteroatoms. The zero-order chi connectivity index (χ0) is 10.3. The highest BCUT2D eigenvalue weighted by Gasteiger charge is 2.17. The number of imidazole rings is 1. The molecule has 2 rings (SSSR count). The summed E-state index contributed by atoms with van der Waals surface area (Å²) in [5.74, 6) is 0. The number of aromatic nitrogens is 3. The number of pyridine rings is 1. The van der Waals surface area contributed by atoms with E-state index in [1.165, 1.54) is 5.56 Å². The summed E-state index contributed by atoms with van der Waals surface area (Å²) in [5.41, 5.74) is 3.19. The lowest BCUT2D eigenvalue weighted by Crippen LogP contribution is -2.20. The Morgan fingerprint density at radius 1 is 1.21 bits per heavy atom. The minimum absolute atomic E-state index is 0.0372. The molecule has 2 heterocycles. The lowest BCUT2D eigenvalue weighted by molar-refractivity contribution is 0.406. The van der Waals surface area contributed by atoms with Gasteiger partial charge in [0.1, 0.15) is 5.52 Å². The van der Waals surface area contributed by atoms with Crippen LogP contribution in [0.1, 0.15) is 26.3 Å². The summed E-state index contributed by atoms with van der Waals surface area (Å²) >= 11 is 0. The Morgan fingerprint density at radius 2 is 1.93 bits per heavy atom. The Balaban J connectivity index is 2.76. The van der Waals surface area contributed by atoms with Crippen LogP contribution in [0.4, 0.5) is 0 Å². The van der Waals surface area contributed by atoms with E-state index in [1.54, 1.807) is 0 Å². The maximum atomic E-state index is 4.39. The van der Waals surface area contributed by atoms with Crippen molar-refractivity contribution in [2.24, 2.45) is 0 Å². The van der Waals surface area contributed by atoms with Gasteiger partial charge in [-0.15, -0.1) is 0 Å². The zero-order valence-electron chi connectivity index (χ0n) is 9.07. The summed E-state index contributed by atoms with van der Waals surface area (Å²) < 4.78 is 2.11. The van der Waals surface area contributed by atoms with Crippen molar-refractivity contribution in [3.8, 4) is 0 Å². The molecule has 74 valence electrons. The molecule has 3 nitrogen and oxygen atoms in total. The van der Waals surface area contributed by atoms with E-state index in [4.69, 9.17) is 0 Å². The minimum Gasteiger partial charge on any atom is -0.310 e. The lowest BCUT2D eigenvalue weighted by atomic mass is 10.1. The maximum absolute atomic E-state index is 4.39. The van der Waals surface area contributed by atoms with Crippen molar-refractivity contribution in [2.45, 2.75) is 33.2 Å². The number of rotatable bonds is 0. The van der Waals surface area contributed by atoms with Crippen LogP contribution in [-0.4, -0.2) is 14.5 Å². The van der Waals surface area contributed by atoms with Gasteiger partial charge in [-0.3, -0.25) is 0 Å². The molecule has 0 atom stereocenters. The van der Waals surface area contributed by atoms with Gasteiger partial charge in [0.2, 0.25) is 0 Å². The van der Waals surface area contributed by atoms with Gasteiger partial charge < -0.3 is 4.57 Å². The highest BCUT2D eigenvalue weighted by molar-refractivity contribution is 5.74. The van der Waals surface area contributed by atoms with Gasteiger partial charge in [-0.05, 0) is 39.3 Å². The molecule has 0 spiro atoms. The van der Waals surface area contributed by atoms with Gasteiger partial charge >= 0.3 is 0 Å². The number of hydrogen-bond acceptors (Lipinski definition) is 2. The molecule has 0 aliphatic carbocycles. The minimum atomic E-state index is 0.0372. The highest BCUT2D eigenvalue weighted by atomic mass is 15.1. The van der Waals surface area contributed by atoms with Gasteiger partial charge in [0.25, 0.3) is 0 Å². The van der Waals surface area contributed by atoms with Gasteiger partial charge in [-0.2, -0.15) is 0 Å². The third kappa shape index (κ3) is 1.29. The molecule has 0 saturated heterocycles. The van der Waals surface area contributed by atoms with Gasteiger partial charge in [0, 0.05) is 11.7 Å². The van der Waals surface area contributed by atoms with Gasteiger partial charge in [-0.1, -0.05) is 0 Å². The summed E-state index contributed by atoms with van der Waals surface area (Å²) in [7, 11) is 0. The molecule has 0 aromatic carbocycles. The average molecular weight is 189 g/mol. The first-order valence-corrected chi connectivity index (χ1v) is 4.79. The van der Waals surface area contributed by atoms with Crippen LogP contribution in [0.15, 0.2) is 18.6 Å². The number of nitrogens with zero attached hydrogens (tertiary/aromatic N) is 3. The van der Waals surface area contributed by atoms with Crippen LogP contribution < -0.4 is 0 Å².